The predicted molar refractivity (Wildman–Crippen MR) is 90.3 cm³/mol. The van der Waals surface area contributed by atoms with Crippen LogP contribution in [0.25, 0.3) is 0 Å². The average Bonchev–Trinajstić information content (AvgIpc) is 2.99. The number of hydrogen-bond donors (Lipinski definition) is 1. The fourth-order valence-electron chi connectivity index (χ4n) is 2.98. The Balaban J connectivity index is 1.47. The molecule has 0 bridgehead atoms. The monoisotopic (exact) mass is 328 g/mol. The zero-order chi connectivity index (χ0) is 16.6. The molecule has 24 heavy (non-hydrogen) atoms. The second kappa shape index (κ2) is 8.54. The van der Waals surface area contributed by atoms with Gasteiger partial charge in [0.15, 0.2) is 0 Å². The lowest BCUT2D eigenvalue weighted by atomic mass is 10.1. The van der Waals surface area contributed by atoms with Crippen LogP contribution in [0.3, 0.4) is 0 Å². The van der Waals surface area contributed by atoms with Gasteiger partial charge in [-0.2, -0.15) is 0 Å². The van der Waals surface area contributed by atoms with E-state index in [1.54, 1.807) is 4.68 Å². The van der Waals surface area contributed by atoms with Gasteiger partial charge in [0.05, 0.1) is 6.54 Å². The molecule has 0 unspecified atom stereocenters. The summed E-state index contributed by atoms with van der Waals surface area (Å²) in [6.45, 7) is 4.39. The summed E-state index contributed by atoms with van der Waals surface area (Å²) in [4.78, 5) is 14.6. The molecular formula is C17H24N6O. The van der Waals surface area contributed by atoms with Crippen LogP contribution in [0.5, 0.6) is 0 Å². The van der Waals surface area contributed by atoms with Gasteiger partial charge in [-0.15, -0.1) is 5.10 Å². The topological polar surface area (TPSA) is 75.9 Å². The van der Waals surface area contributed by atoms with Crippen molar-refractivity contribution in [1.29, 1.82) is 0 Å². The molecule has 1 aromatic heterocycles. The standard InChI is InChI=1S/C17H24N6O/c24-17(18-9-12-23-14-19-20-21-23)16-7-5-15(6-8-16)13-22-10-3-1-2-4-11-22/h5-8,14H,1-4,9-13H2,(H,18,24). The number of hydrogen-bond acceptors (Lipinski definition) is 5. The Labute approximate surface area is 142 Å². The minimum Gasteiger partial charge on any atom is -0.350 e. The highest BCUT2D eigenvalue weighted by Gasteiger charge is 2.10. The minimum atomic E-state index is -0.0654. The fraction of sp³-hybridized carbons (Fsp3) is 0.529. The Hall–Kier alpha value is -2.28. The van der Waals surface area contributed by atoms with E-state index in [1.165, 1.54) is 50.7 Å². The molecule has 1 fully saturated rings. The summed E-state index contributed by atoms with van der Waals surface area (Å²) in [5.41, 5.74) is 1.95. The van der Waals surface area contributed by atoms with Gasteiger partial charge in [-0.05, 0) is 54.1 Å². The van der Waals surface area contributed by atoms with Crippen LogP contribution in [-0.2, 0) is 13.1 Å². The van der Waals surface area contributed by atoms with Gasteiger partial charge < -0.3 is 5.32 Å². The summed E-state index contributed by atoms with van der Waals surface area (Å²) >= 11 is 0. The third kappa shape index (κ3) is 4.86. The van der Waals surface area contributed by atoms with E-state index in [9.17, 15) is 4.79 Å². The van der Waals surface area contributed by atoms with E-state index in [0.717, 1.165) is 6.54 Å². The molecular weight excluding hydrogens is 304 g/mol. The summed E-state index contributed by atoms with van der Waals surface area (Å²) in [6, 6.07) is 7.92. The van der Waals surface area contributed by atoms with Gasteiger partial charge in [0.2, 0.25) is 0 Å². The number of nitrogens with zero attached hydrogens (tertiary/aromatic N) is 5. The Kier molecular flexibility index (Phi) is 5.90. The van der Waals surface area contributed by atoms with Crippen LogP contribution in [0.1, 0.15) is 41.6 Å². The SMILES string of the molecule is O=C(NCCn1cnnn1)c1ccc(CN2CCCCCC2)cc1. The average molecular weight is 328 g/mol. The van der Waals surface area contributed by atoms with E-state index in [1.807, 2.05) is 12.1 Å². The van der Waals surface area contributed by atoms with Gasteiger partial charge in [0, 0.05) is 18.7 Å². The molecule has 0 spiro atoms. The van der Waals surface area contributed by atoms with E-state index in [4.69, 9.17) is 0 Å². The highest BCUT2D eigenvalue weighted by molar-refractivity contribution is 5.94. The van der Waals surface area contributed by atoms with Crippen molar-refractivity contribution in [2.45, 2.75) is 38.8 Å². The van der Waals surface area contributed by atoms with Crippen molar-refractivity contribution < 1.29 is 4.79 Å². The Morgan fingerprint density at radius 1 is 1.08 bits per heavy atom. The van der Waals surface area contributed by atoms with E-state index in [0.29, 0.717) is 18.7 Å². The number of likely N-dealkylation sites (tertiary alicyclic amines) is 1. The fourth-order valence-corrected chi connectivity index (χ4v) is 2.98. The first kappa shape index (κ1) is 16.6. The first-order valence-corrected chi connectivity index (χ1v) is 8.61. The second-order valence-electron chi connectivity index (χ2n) is 6.22. The molecule has 7 heteroatoms. The first-order chi connectivity index (χ1) is 11.8. The molecule has 0 aliphatic carbocycles. The molecule has 2 heterocycles. The van der Waals surface area contributed by atoms with Crippen molar-refractivity contribution in [2.24, 2.45) is 0 Å². The van der Waals surface area contributed by atoms with Gasteiger partial charge in [0.25, 0.3) is 5.91 Å². The third-order valence-corrected chi connectivity index (χ3v) is 4.34. The lowest BCUT2D eigenvalue weighted by Gasteiger charge is -2.19. The number of benzene rings is 1. The minimum absolute atomic E-state index is 0.0654. The maximum absolute atomic E-state index is 12.1. The van der Waals surface area contributed by atoms with Crippen LogP contribution in [0.2, 0.25) is 0 Å². The van der Waals surface area contributed by atoms with E-state index >= 15 is 0 Å². The molecule has 1 aliphatic heterocycles. The molecule has 128 valence electrons. The Bertz CT molecular complexity index is 617. The predicted octanol–water partition coefficient (Wildman–Crippen LogP) is 1.48. The summed E-state index contributed by atoms with van der Waals surface area (Å²) in [7, 11) is 0. The van der Waals surface area contributed by atoms with Gasteiger partial charge in [-0.25, -0.2) is 4.68 Å². The quantitative estimate of drug-likeness (QED) is 0.869. The number of aromatic nitrogens is 4. The van der Waals surface area contributed by atoms with Crippen LogP contribution in [-0.4, -0.2) is 50.6 Å². The maximum Gasteiger partial charge on any atom is 0.251 e. The summed E-state index contributed by atoms with van der Waals surface area (Å²) in [6.07, 6.45) is 6.81. The molecule has 1 N–H and O–H groups in total. The van der Waals surface area contributed by atoms with Crippen molar-refractivity contribution in [2.75, 3.05) is 19.6 Å². The molecule has 1 saturated heterocycles. The van der Waals surface area contributed by atoms with Crippen molar-refractivity contribution >= 4 is 5.91 Å². The molecule has 1 amide bonds. The molecule has 7 nitrogen and oxygen atoms in total. The number of carbonyl (C=O) groups excluding carboxylic acids is 1. The summed E-state index contributed by atoms with van der Waals surface area (Å²) in [5.74, 6) is -0.0654. The van der Waals surface area contributed by atoms with Gasteiger partial charge in [0.1, 0.15) is 6.33 Å². The number of nitrogens with one attached hydrogen (secondary N) is 1. The van der Waals surface area contributed by atoms with Crippen LogP contribution in [0, 0.1) is 0 Å². The summed E-state index contributed by atoms with van der Waals surface area (Å²) < 4.78 is 1.59. The van der Waals surface area contributed by atoms with Crippen molar-refractivity contribution in [3.8, 4) is 0 Å². The van der Waals surface area contributed by atoms with Crippen LogP contribution in [0.15, 0.2) is 30.6 Å². The highest BCUT2D eigenvalue weighted by Crippen LogP contribution is 2.13. The molecule has 0 saturated carbocycles. The second-order valence-corrected chi connectivity index (χ2v) is 6.22. The smallest absolute Gasteiger partial charge is 0.251 e. The molecule has 1 aliphatic rings. The maximum atomic E-state index is 12.1. The lowest BCUT2D eigenvalue weighted by Crippen LogP contribution is -2.27. The third-order valence-electron chi connectivity index (χ3n) is 4.34. The van der Waals surface area contributed by atoms with Crippen molar-refractivity contribution in [1.82, 2.24) is 30.4 Å². The van der Waals surface area contributed by atoms with Crippen molar-refractivity contribution in [3.63, 3.8) is 0 Å². The van der Waals surface area contributed by atoms with E-state index in [2.05, 4.69) is 37.9 Å². The largest absolute Gasteiger partial charge is 0.350 e. The number of amides is 1. The van der Waals surface area contributed by atoms with Crippen molar-refractivity contribution in [3.05, 3.63) is 41.7 Å². The highest BCUT2D eigenvalue weighted by atomic mass is 16.1. The molecule has 3 rings (SSSR count). The summed E-state index contributed by atoms with van der Waals surface area (Å²) in [5, 5.41) is 13.8. The first-order valence-electron chi connectivity index (χ1n) is 8.61. The van der Waals surface area contributed by atoms with E-state index < -0.39 is 0 Å². The van der Waals surface area contributed by atoms with Crippen LogP contribution >= 0.6 is 0 Å². The Morgan fingerprint density at radius 3 is 2.50 bits per heavy atom. The number of carbonyl (C=O) groups is 1. The number of tetrazole rings is 1. The van der Waals surface area contributed by atoms with Gasteiger partial charge >= 0.3 is 0 Å². The van der Waals surface area contributed by atoms with Crippen LogP contribution < -0.4 is 5.32 Å². The molecule has 0 atom stereocenters. The zero-order valence-corrected chi connectivity index (χ0v) is 13.9. The molecule has 2 aromatic rings. The molecule has 0 radical (unpaired) electrons. The molecule has 1 aromatic carbocycles. The van der Waals surface area contributed by atoms with Gasteiger partial charge in [-0.3, -0.25) is 9.69 Å². The van der Waals surface area contributed by atoms with Gasteiger partial charge in [-0.1, -0.05) is 25.0 Å². The normalized spacial score (nSPS) is 15.8. The number of rotatable bonds is 6. The Morgan fingerprint density at radius 2 is 1.83 bits per heavy atom. The zero-order valence-electron chi connectivity index (χ0n) is 13.9. The van der Waals surface area contributed by atoms with Crippen LogP contribution in [0.4, 0.5) is 0 Å². The van der Waals surface area contributed by atoms with E-state index in [-0.39, 0.29) is 5.91 Å². The lowest BCUT2D eigenvalue weighted by molar-refractivity contribution is 0.0952.